The van der Waals surface area contributed by atoms with E-state index in [1.165, 1.54) is 5.56 Å². The van der Waals surface area contributed by atoms with Gasteiger partial charge in [-0.05, 0) is 37.6 Å². The van der Waals surface area contributed by atoms with E-state index < -0.39 is 0 Å². The molecule has 88 valence electrons. The lowest BCUT2D eigenvalue weighted by Gasteiger charge is -2.21. The Labute approximate surface area is 102 Å². The molecule has 0 radical (unpaired) electrons. The zero-order valence-corrected chi connectivity index (χ0v) is 10.3. The molecule has 2 unspecified atom stereocenters. The van der Waals surface area contributed by atoms with E-state index in [2.05, 4.69) is 11.4 Å². The van der Waals surface area contributed by atoms with Gasteiger partial charge in [0.1, 0.15) is 0 Å². The average molecular weight is 240 g/mol. The molecule has 0 spiro atoms. The molecule has 1 aliphatic heterocycles. The Hall–Kier alpha value is -0.570. The van der Waals surface area contributed by atoms with Crippen LogP contribution in [0.1, 0.15) is 12.0 Å². The van der Waals surface area contributed by atoms with Gasteiger partial charge in [-0.15, -0.1) is 0 Å². The van der Waals surface area contributed by atoms with E-state index >= 15 is 0 Å². The van der Waals surface area contributed by atoms with Gasteiger partial charge in [-0.2, -0.15) is 0 Å². The van der Waals surface area contributed by atoms with Crippen molar-refractivity contribution in [2.45, 2.75) is 18.9 Å². The van der Waals surface area contributed by atoms with Crippen molar-refractivity contribution in [1.82, 2.24) is 5.32 Å². The minimum atomic E-state index is 0.487. The van der Waals surface area contributed by atoms with Crippen molar-refractivity contribution in [3.05, 3.63) is 34.9 Å². The summed E-state index contributed by atoms with van der Waals surface area (Å²) in [7, 11) is 2.02. The summed E-state index contributed by atoms with van der Waals surface area (Å²) in [5.41, 5.74) is 1.29. The van der Waals surface area contributed by atoms with Gasteiger partial charge in [-0.3, -0.25) is 0 Å². The van der Waals surface area contributed by atoms with Crippen molar-refractivity contribution in [3.8, 4) is 0 Å². The molecule has 1 heterocycles. The standard InChI is InChI=1S/C13H18ClNO/c1-15-13(11-5-6-16-9-11)8-10-3-2-4-12(14)7-10/h2-4,7,11,13,15H,5-6,8-9H2,1H3. The molecule has 16 heavy (non-hydrogen) atoms. The van der Waals surface area contributed by atoms with Crippen LogP contribution >= 0.6 is 11.6 Å². The molecule has 0 aliphatic carbocycles. The quantitative estimate of drug-likeness (QED) is 0.872. The highest BCUT2D eigenvalue weighted by Crippen LogP contribution is 2.20. The second-order valence-electron chi connectivity index (χ2n) is 4.35. The number of halogens is 1. The second-order valence-corrected chi connectivity index (χ2v) is 4.79. The van der Waals surface area contributed by atoms with Crippen LogP contribution in [-0.4, -0.2) is 26.3 Å². The molecule has 1 fully saturated rings. The number of hydrogen-bond acceptors (Lipinski definition) is 2. The average Bonchev–Trinajstić information content (AvgIpc) is 2.79. The molecule has 3 heteroatoms. The predicted molar refractivity (Wildman–Crippen MR) is 66.9 cm³/mol. The maximum atomic E-state index is 5.99. The number of nitrogens with one attached hydrogen (secondary N) is 1. The van der Waals surface area contributed by atoms with Crippen molar-refractivity contribution in [3.63, 3.8) is 0 Å². The van der Waals surface area contributed by atoms with Crippen LogP contribution in [0.4, 0.5) is 0 Å². The van der Waals surface area contributed by atoms with Gasteiger partial charge in [0.25, 0.3) is 0 Å². The first-order valence-electron chi connectivity index (χ1n) is 5.79. The minimum Gasteiger partial charge on any atom is -0.381 e. The summed E-state index contributed by atoms with van der Waals surface area (Å²) in [6, 6.07) is 8.59. The van der Waals surface area contributed by atoms with E-state index in [1.54, 1.807) is 0 Å². The third kappa shape index (κ3) is 2.97. The molecule has 0 amide bonds. The van der Waals surface area contributed by atoms with Gasteiger partial charge >= 0.3 is 0 Å². The number of ether oxygens (including phenoxy) is 1. The van der Waals surface area contributed by atoms with Crippen molar-refractivity contribution >= 4 is 11.6 Å². The molecule has 1 aromatic rings. The Balaban J connectivity index is 2.00. The van der Waals surface area contributed by atoms with E-state index in [0.29, 0.717) is 12.0 Å². The summed E-state index contributed by atoms with van der Waals surface area (Å²) in [4.78, 5) is 0. The van der Waals surface area contributed by atoms with Gasteiger partial charge in [0.15, 0.2) is 0 Å². The summed E-state index contributed by atoms with van der Waals surface area (Å²) >= 11 is 5.99. The fourth-order valence-electron chi connectivity index (χ4n) is 2.29. The van der Waals surface area contributed by atoms with Crippen molar-refractivity contribution in [1.29, 1.82) is 0 Å². The number of hydrogen-bond donors (Lipinski definition) is 1. The molecular formula is C13H18ClNO. The number of likely N-dealkylation sites (N-methyl/N-ethyl adjacent to an activating group) is 1. The molecule has 0 bridgehead atoms. The van der Waals surface area contributed by atoms with Gasteiger partial charge in [0, 0.05) is 23.6 Å². The SMILES string of the molecule is CNC(Cc1cccc(Cl)c1)C1CCOC1. The van der Waals surface area contributed by atoms with E-state index in [9.17, 15) is 0 Å². The maximum Gasteiger partial charge on any atom is 0.0510 e. The summed E-state index contributed by atoms with van der Waals surface area (Å²) in [5, 5.41) is 4.20. The zero-order valence-electron chi connectivity index (χ0n) is 9.58. The fraction of sp³-hybridized carbons (Fsp3) is 0.538. The first-order chi connectivity index (χ1) is 7.79. The van der Waals surface area contributed by atoms with Crippen molar-refractivity contribution < 1.29 is 4.74 Å². The Morgan fingerprint density at radius 1 is 1.56 bits per heavy atom. The first-order valence-corrected chi connectivity index (χ1v) is 6.17. The fourth-order valence-corrected chi connectivity index (χ4v) is 2.51. The van der Waals surface area contributed by atoms with E-state index in [0.717, 1.165) is 31.1 Å². The maximum absolute atomic E-state index is 5.99. The third-order valence-electron chi connectivity index (χ3n) is 3.25. The van der Waals surface area contributed by atoms with Crippen LogP contribution < -0.4 is 5.32 Å². The molecule has 1 aliphatic rings. The first kappa shape index (κ1) is 11.9. The molecule has 1 N–H and O–H groups in total. The molecular weight excluding hydrogens is 222 g/mol. The normalized spacial score (nSPS) is 22.2. The zero-order chi connectivity index (χ0) is 11.4. The second kappa shape index (κ2) is 5.67. The highest BCUT2D eigenvalue weighted by atomic mass is 35.5. The van der Waals surface area contributed by atoms with E-state index in [-0.39, 0.29) is 0 Å². The number of benzene rings is 1. The van der Waals surface area contributed by atoms with E-state index in [1.807, 2.05) is 25.2 Å². The monoisotopic (exact) mass is 239 g/mol. The highest BCUT2D eigenvalue weighted by molar-refractivity contribution is 6.30. The van der Waals surface area contributed by atoms with Crippen LogP contribution in [0.5, 0.6) is 0 Å². The van der Waals surface area contributed by atoms with Crippen LogP contribution in [0, 0.1) is 5.92 Å². The Bertz CT molecular complexity index is 336. The van der Waals surface area contributed by atoms with Crippen LogP contribution in [0.25, 0.3) is 0 Å². The van der Waals surface area contributed by atoms with Crippen LogP contribution in [0.3, 0.4) is 0 Å². The Kier molecular flexibility index (Phi) is 4.22. The molecule has 0 saturated carbocycles. The van der Waals surface area contributed by atoms with Gasteiger partial charge in [0.05, 0.1) is 6.61 Å². The Morgan fingerprint density at radius 2 is 2.44 bits per heavy atom. The summed E-state index contributed by atoms with van der Waals surface area (Å²) < 4.78 is 5.44. The topological polar surface area (TPSA) is 21.3 Å². The number of rotatable bonds is 4. The largest absolute Gasteiger partial charge is 0.381 e. The van der Waals surface area contributed by atoms with Crippen LogP contribution in [0.2, 0.25) is 5.02 Å². The molecule has 2 atom stereocenters. The lowest BCUT2D eigenvalue weighted by atomic mass is 9.93. The van der Waals surface area contributed by atoms with E-state index in [4.69, 9.17) is 16.3 Å². The minimum absolute atomic E-state index is 0.487. The van der Waals surface area contributed by atoms with Gasteiger partial charge in [-0.25, -0.2) is 0 Å². The summed E-state index contributed by atoms with van der Waals surface area (Å²) in [5.74, 6) is 0.629. The van der Waals surface area contributed by atoms with Gasteiger partial charge in [-0.1, -0.05) is 23.7 Å². The van der Waals surface area contributed by atoms with Gasteiger partial charge in [0.2, 0.25) is 0 Å². The highest BCUT2D eigenvalue weighted by Gasteiger charge is 2.24. The van der Waals surface area contributed by atoms with Crippen molar-refractivity contribution in [2.24, 2.45) is 5.92 Å². The molecule has 2 nitrogen and oxygen atoms in total. The lowest BCUT2D eigenvalue weighted by Crippen LogP contribution is -2.35. The Morgan fingerprint density at radius 3 is 3.06 bits per heavy atom. The van der Waals surface area contributed by atoms with Crippen LogP contribution in [0.15, 0.2) is 24.3 Å². The third-order valence-corrected chi connectivity index (χ3v) is 3.48. The van der Waals surface area contributed by atoms with Gasteiger partial charge < -0.3 is 10.1 Å². The van der Waals surface area contributed by atoms with Crippen molar-refractivity contribution in [2.75, 3.05) is 20.3 Å². The molecule has 1 aromatic carbocycles. The molecule has 1 saturated heterocycles. The summed E-state index contributed by atoms with van der Waals surface area (Å²) in [6.45, 7) is 1.78. The smallest absolute Gasteiger partial charge is 0.0510 e. The van der Waals surface area contributed by atoms with Crippen LogP contribution in [-0.2, 0) is 11.2 Å². The summed E-state index contributed by atoms with van der Waals surface area (Å²) in [6.07, 6.45) is 2.18. The lowest BCUT2D eigenvalue weighted by molar-refractivity contribution is 0.177. The molecule has 0 aromatic heterocycles. The predicted octanol–water partition coefficient (Wildman–Crippen LogP) is 2.51. The molecule has 2 rings (SSSR count).